The van der Waals surface area contributed by atoms with Crippen LogP contribution >= 0.6 is 0 Å². The van der Waals surface area contributed by atoms with E-state index in [1.807, 2.05) is 0 Å². The quantitative estimate of drug-likeness (QED) is 0.742. The Morgan fingerprint density at radius 3 is 2.88 bits per heavy atom. The van der Waals surface area contributed by atoms with E-state index in [0.717, 1.165) is 13.1 Å². The van der Waals surface area contributed by atoms with Crippen molar-refractivity contribution in [2.24, 2.45) is 10.9 Å². The molecule has 0 aliphatic rings. The van der Waals surface area contributed by atoms with Gasteiger partial charge in [-0.3, -0.25) is 4.99 Å². The van der Waals surface area contributed by atoms with E-state index < -0.39 is 0 Å². The zero-order valence-electron chi connectivity index (χ0n) is 11.0. The molecule has 1 N–H and O–H groups in total. The standard InChI is InChI=1S/C15H22N2/c1-5-9-16-10-12(2)11-17-15-8-6-7-13(3)14(15)4/h5-9,12,17H,1,10-11H2,2-4H3/b16-9-. The van der Waals surface area contributed by atoms with Crippen LogP contribution in [0, 0.1) is 19.8 Å². The zero-order chi connectivity index (χ0) is 12.7. The van der Waals surface area contributed by atoms with Gasteiger partial charge in [-0.05, 0) is 37.0 Å². The van der Waals surface area contributed by atoms with Gasteiger partial charge in [0, 0.05) is 25.0 Å². The van der Waals surface area contributed by atoms with E-state index in [2.05, 4.69) is 55.9 Å². The van der Waals surface area contributed by atoms with Gasteiger partial charge >= 0.3 is 0 Å². The summed E-state index contributed by atoms with van der Waals surface area (Å²) in [5, 5.41) is 3.48. The molecule has 92 valence electrons. The van der Waals surface area contributed by atoms with Gasteiger partial charge in [0.15, 0.2) is 0 Å². The van der Waals surface area contributed by atoms with Gasteiger partial charge in [-0.15, -0.1) is 0 Å². The summed E-state index contributed by atoms with van der Waals surface area (Å²) in [6, 6.07) is 6.35. The minimum atomic E-state index is 0.520. The van der Waals surface area contributed by atoms with E-state index in [-0.39, 0.29) is 0 Å². The molecular formula is C15H22N2. The van der Waals surface area contributed by atoms with Gasteiger partial charge in [-0.25, -0.2) is 0 Å². The summed E-state index contributed by atoms with van der Waals surface area (Å²) in [6.45, 7) is 11.9. The molecule has 2 nitrogen and oxygen atoms in total. The number of anilines is 1. The second-order valence-electron chi connectivity index (χ2n) is 4.48. The van der Waals surface area contributed by atoms with Crippen LogP contribution in [0.2, 0.25) is 0 Å². The van der Waals surface area contributed by atoms with Crippen molar-refractivity contribution >= 4 is 11.9 Å². The molecule has 1 unspecified atom stereocenters. The summed E-state index contributed by atoms with van der Waals surface area (Å²) in [7, 11) is 0. The van der Waals surface area contributed by atoms with Crippen molar-refractivity contribution in [3.8, 4) is 0 Å². The third-order valence-corrected chi connectivity index (χ3v) is 2.87. The van der Waals surface area contributed by atoms with E-state index in [1.165, 1.54) is 16.8 Å². The van der Waals surface area contributed by atoms with Gasteiger partial charge < -0.3 is 5.32 Å². The number of nitrogens with one attached hydrogen (secondary N) is 1. The molecule has 0 aliphatic carbocycles. The summed E-state index contributed by atoms with van der Waals surface area (Å²) in [4.78, 5) is 4.26. The molecule has 0 saturated carbocycles. The first kappa shape index (κ1) is 13.5. The normalized spacial score (nSPS) is 12.6. The third-order valence-electron chi connectivity index (χ3n) is 2.87. The van der Waals surface area contributed by atoms with Crippen LogP contribution in [0.4, 0.5) is 5.69 Å². The smallest absolute Gasteiger partial charge is 0.0431 e. The highest BCUT2D eigenvalue weighted by molar-refractivity contribution is 5.69. The van der Waals surface area contributed by atoms with Gasteiger partial charge in [0.1, 0.15) is 0 Å². The fraction of sp³-hybridized carbons (Fsp3) is 0.400. The molecule has 0 bridgehead atoms. The molecule has 1 atom stereocenters. The first-order valence-electron chi connectivity index (χ1n) is 6.06. The molecule has 0 aliphatic heterocycles. The van der Waals surface area contributed by atoms with Gasteiger partial charge in [-0.2, -0.15) is 0 Å². The van der Waals surface area contributed by atoms with Crippen LogP contribution in [0.15, 0.2) is 35.8 Å². The van der Waals surface area contributed by atoms with Crippen LogP contribution in [0.5, 0.6) is 0 Å². The number of allylic oxidation sites excluding steroid dienone is 1. The number of hydrogen-bond acceptors (Lipinski definition) is 2. The van der Waals surface area contributed by atoms with Crippen molar-refractivity contribution in [2.45, 2.75) is 20.8 Å². The molecule has 0 heterocycles. The summed E-state index contributed by atoms with van der Waals surface area (Å²) in [5.41, 5.74) is 3.88. The highest BCUT2D eigenvalue weighted by Gasteiger charge is 2.03. The van der Waals surface area contributed by atoms with Crippen LogP contribution in [-0.2, 0) is 0 Å². The van der Waals surface area contributed by atoms with E-state index in [4.69, 9.17) is 0 Å². The Hall–Kier alpha value is -1.57. The maximum atomic E-state index is 4.26. The number of benzene rings is 1. The number of hydrogen-bond donors (Lipinski definition) is 1. The molecule has 0 aromatic heterocycles. The van der Waals surface area contributed by atoms with Crippen LogP contribution < -0.4 is 5.32 Å². The molecule has 0 spiro atoms. The largest absolute Gasteiger partial charge is 0.384 e. The summed E-state index contributed by atoms with van der Waals surface area (Å²) in [6.07, 6.45) is 3.47. The molecule has 1 aromatic carbocycles. The zero-order valence-corrected chi connectivity index (χ0v) is 11.0. The molecule has 0 fully saturated rings. The summed E-state index contributed by atoms with van der Waals surface area (Å²) < 4.78 is 0. The van der Waals surface area contributed by atoms with E-state index in [9.17, 15) is 0 Å². The maximum Gasteiger partial charge on any atom is 0.0431 e. The summed E-state index contributed by atoms with van der Waals surface area (Å²) >= 11 is 0. The number of nitrogens with zero attached hydrogens (tertiary/aromatic N) is 1. The van der Waals surface area contributed by atoms with Crippen LogP contribution in [0.3, 0.4) is 0 Å². The Morgan fingerprint density at radius 2 is 2.18 bits per heavy atom. The topological polar surface area (TPSA) is 24.4 Å². The predicted octanol–water partition coefficient (Wildman–Crippen LogP) is 3.61. The Balaban J connectivity index is 2.47. The molecule has 0 amide bonds. The van der Waals surface area contributed by atoms with Crippen molar-refractivity contribution in [2.75, 3.05) is 18.4 Å². The second kappa shape index (κ2) is 6.89. The molecular weight excluding hydrogens is 208 g/mol. The Bertz CT molecular complexity index is 394. The van der Waals surface area contributed by atoms with E-state index in [0.29, 0.717) is 5.92 Å². The fourth-order valence-corrected chi connectivity index (χ4v) is 1.61. The van der Waals surface area contributed by atoms with E-state index in [1.54, 1.807) is 12.3 Å². The molecule has 1 aromatic rings. The third kappa shape index (κ3) is 4.43. The van der Waals surface area contributed by atoms with Gasteiger partial charge in [0.05, 0.1) is 0 Å². The minimum absolute atomic E-state index is 0.520. The SMILES string of the molecule is C=C/C=N\CC(C)CNc1cccc(C)c1C. The van der Waals surface area contributed by atoms with E-state index >= 15 is 0 Å². The van der Waals surface area contributed by atoms with Gasteiger partial charge in [-0.1, -0.05) is 31.7 Å². The number of aryl methyl sites for hydroxylation is 1. The van der Waals surface area contributed by atoms with Crippen LogP contribution in [0.25, 0.3) is 0 Å². The molecule has 0 radical (unpaired) electrons. The monoisotopic (exact) mass is 230 g/mol. The molecule has 0 saturated heterocycles. The van der Waals surface area contributed by atoms with Crippen molar-refractivity contribution in [1.82, 2.24) is 0 Å². The number of aliphatic imine (C=N–C) groups is 1. The maximum absolute atomic E-state index is 4.26. The van der Waals surface area contributed by atoms with Crippen molar-refractivity contribution in [1.29, 1.82) is 0 Å². The molecule has 1 rings (SSSR count). The highest BCUT2D eigenvalue weighted by atomic mass is 14.9. The second-order valence-corrected chi connectivity index (χ2v) is 4.48. The fourth-order valence-electron chi connectivity index (χ4n) is 1.61. The Labute approximate surface area is 104 Å². The Morgan fingerprint density at radius 1 is 1.41 bits per heavy atom. The first-order chi connectivity index (χ1) is 8.15. The van der Waals surface area contributed by atoms with Crippen molar-refractivity contribution in [3.05, 3.63) is 42.0 Å². The van der Waals surface area contributed by atoms with Gasteiger partial charge in [0.25, 0.3) is 0 Å². The van der Waals surface area contributed by atoms with Crippen LogP contribution in [0.1, 0.15) is 18.1 Å². The van der Waals surface area contributed by atoms with Crippen molar-refractivity contribution in [3.63, 3.8) is 0 Å². The van der Waals surface area contributed by atoms with Crippen molar-refractivity contribution < 1.29 is 0 Å². The van der Waals surface area contributed by atoms with Gasteiger partial charge in [0.2, 0.25) is 0 Å². The Kier molecular flexibility index (Phi) is 5.47. The predicted molar refractivity (Wildman–Crippen MR) is 77.1 cm³/mol. The molecule has 17 heavy (non-hydrogen) atoms. The minimum Gasteiger partial charge on any atom is -0.384 e. The summed E-state index contributed by atoms with van der Waals surface area (Å²) in [5.74, 6) is 0.520. The highest BCUT2D eigenvalue weighted by Crippen LogP contribution is 2.18. The lowest BCUT2D eigenvalue weighted by atomic mass is 10.1. The van der Waals surface area contributed by atoms with Crippen LogP contribution in [-0.4, -0.2) is 19.3 Å². The molecule has 2 heteroatoms. The lowest BCUT2D eigenvalue weighted by molar-refractivity contribution is 0.631. The average Bonchev–Trinajstić information content (AvgIpc) is 2.31. The average molecular weight is 230 g/mol. The number of rotatable bonds is 6. The lowest BCUT2D eigenvalue weighted by Gasteiger charge is -2.14. The lowest BCUT2D eigenvalue weighted by Crippen LogP contribution is -2.14. The first-order valence-corrected chi connectivity index (χ1v) is 6.06.